The number of nitrogens with two attached hydrogens (primary N) is 1. The van der Waals surface area contributed by atoms with Crippen molar-refractivity contribution < 1.29 is 4.79 Å². The molecule has 0 radical (unpaired) electrons. The van der Waals surface area contributed by atoms with Gasteiger partial charge in [-0.3, -0.25) is 9.79 Å². The lowest BCUT2D eigenvalue weighted by Crippen LogP contribution is -2.41. The van der Waals surface area contributed by atoms with E-state index in [0.717, 1.165) is 6.42 Å². The summed E-state index contributed by atoms with van der Waals surface area (Å²) in [6.45, 7) is 0.595. The highest BCUT2D eigenvalue weighted by molar-refractivity contribution is 5.79. The molecule has 1 saturated carbocycles. The monoisotopic (exact) mass is 238 g/mol. The number of hydrogen-bond donors (Lipinski definition) is 3. The summed E-state index contributed by atoms with van der Waals surface area (Å²) in [5.41, 5.74) is 5.84. The third-order valence-corrected chi connectivity index (χ3v) is 3.52. The number of carbonyl (C=O) groups is 1. The molecule has 2 fully saturated rings. The fourth-order valence-corrected chi connectivity index (χ4v) is 2.52. The molecular weight excluding hydrogens is 216 g/mol. The van der Waals surface area contributed by atoms with Gasteiger partial charge < -0.3 is 16.4 Å². The molecule has 1 aliphatic heterocycles. The highest BCUT2D eigenvalue weighted by atomic mass is 16.1. The molecule has 17 heavy (non-hydrogen) atoms. The summed E-state index contributed by atoms with van der Waals surface area (Å²) in [6.07, 6.45) is 7.78. The molecule has 2 aliphatic rings. The zero-order valence-electron chi connectivity index (χ0n) is 10.2. The predicted octanol–water partition coefficient (Wildman–Crippen LogP) is 0.502. The normalized spacial score (nSPS) is 26.9. The first kappa shape index (κ1) is 12.2. The van der Waals surface area contributed by atoms with E-state index in [2.05, 4.69) is 15.6 Å². The topological polar surface area (TPSA) is 79.5 Å². The first-order valence-electron chi connectivity index (χ1n) is 6.60. The Morgan fingerprint density at radius 3 is 2.76 bits per heavy atom. The molecule has 2 rings (SSSR count). The lowest BCUT2D eigenvalue weighted by Gasteiger charge is -2.23. The van der Waals surface area contributed by atoms with Crippen LogP contribution < -0.4 is 16.4 Å². The van der Waals surface area contributed by atoms with Gasteiger partial charge in [0.1, 0.15) is 0 Å². The molecule has 96 valence electrons. The van der Waals surface area contributed by atoms with Crippen LogP contribution in [0.3, 0.4) is 0 Å². The van der Waals surface area contributed by atoms with Gasteiger partial charge in [-0.25, -0.2) is 0 Å². The van der Waals surface area contributed by atoms with Gasteiger partial charge in [0.05, 0.1) is 6.54 Å². The lowest BCUT2D eigenvalue weighted by molar-refractivity contribution is -0.119. The van der Waals surface area contributed by atoms with Crippen LogP contribution in [0.2, 0.25) is 0 Å². The Morgan fingerprint density at radius 2 is 2.12 bits per heavy atom. The summed E-state index contributed by atoms with van der Waals surface area (Å²) in [5, 5.41) is 6.15. The van der Waals surface area contributed by atoms with Gasteiger partial charge in [-0.15, -0.1) is 0 Å². The van der Waals surface area contributed by atoms with Gasteiger partial charge in [-0.05, 0) is 19.3 Å². The molecule has 1 heterocycles. The van der Waals surface area contributed by atoms with Crippen molar-refractivity contribution in [2.24, 2.45) is 10.7 Å². The molecule has 1 aliphatic carbocycles. The Morgan fingerprint density at radius 1 is 1.35 bits per heavy atom. The third kappa shape index (κ3) is 3.91. The Hall–Kier alpha value is -1.26. The number of rotatable bonds is 3. The molecular formula is C12H22N4O. The van der Waals surface area contributed by atoms with Gasteiger partial charge in [-0.1, -0.05) is 19.3 Å². The number of guanidine groups is 1. The third-order valence-electron chi connectivity index (χ3n) is 3.52. The number of amides is 1. The van der Waals surface area contributed by atoms with Crippen molar-refractivity contribution in [2.45, 2.75) is 57.0 Å². The van der Waals surface area contributed by atoms with E-state index in [4.69, 9.17) is 5.73 Å². The van der Waals surface area contributed by atoms with Crippen LogP contribution in [-0.2, 0) is 4.79 Å². The quantitative estimate of drug-likeness (QED) is 0.495. The second-order valence-electron chi connectivity index (χ2n) is 5.01. The van der Waals surface area contributed by atoms with Gasteiger partial charge in [-0.2, -0.15) is 0 Å². The van der Waals surface area contributed by atoms with Crippen LogP contribution in [0.15, 0.2) is 4.99 Å². The molecule has 0 aromatic heterocycles. The van der Waals surface area contributed by atoms with Crippen molar-refractivity contribution in [3.63, 3.8) is 0 Å². The second-order valence-corrected chi connectivity index (χ2v) is 5.01. The first-order chi connectivity index (χ1) is 8.24. The SMILES string of the molecule is NC(=NCC1CCC(=O)N1)NC1CCCCC1. The summed E-state index contributed by atoms with van der Waals surface area (Å²) in [4.78, 5) is 15.3. The van der Waals surface area contributed by atoms with Gasteiger partial charge in [0.15, 0.2) is 5.96 Å². The van der Waals surface area contributed by atoms with Gasteiger partial charge >= 0.3 is 0 Å². The van der Waals surface area contributed by atoms with Gasteiger partial charge in [0, 0.05) is 18.5 Å². The van der Waals surface area contributed by atoms with Crippen molar-refractivity contribution in [3.8, 4) is 0 Å². The van der Waals surface area contributed by atoms with Crippen molar-refractivity contribution in [3.05, 3.63) is 0 Å². The molecule has 0 aromatic carbocycles. The van der Waals surface area contributed by atoms with E-state index in [1.165, 1.54) is 32.1 Å². The predicted molar refractivity (Wildman–Crippen MR) is 67.7 cm³/mol. The summed E-state index contributed by atoms with van der Waals surface area (Å²) in [7, 11) is 0. The molecule has 0 bridgehead atoms. The zero-order chi connectivity index (χ0) is 12.1. The molecule has 4 N–H and O–H groups in total. The van der Waals surface area contributed by atoms with E-state index < -0.39 is 0 Å². The number of nitrogens with one attached hydrogen (secondary N) is 2. The number of nitrogens with zero attached hydrogens (tertiary/aromatic N) is 1. The van der Waals surface area contributed by atoms with Crippen molar-refractivity contribution >= 4 is 11.9 Å². The molecule has 5 heteroatoms. The van der Waals surface area contributed by atoms with Crippen molar-refractivity contribution in [2.75, 3.05) is 6.54 Å². The standard InChI is InChI=1S/C12H22N4O/c13-12(16-9-4-2-1-3-5-9)14-8-10-6-7-11(17)15-10/h9-10H,1-8H2,(H,15,17)(H3,13,14,16). The zero-order valence-corrected chi connectivity index (χ0v) is 10.2. The van der Waals surface area contributed by atoms with Crippen LogP contribution in [-0.4, -0.2) is 30.5 Å². The maximum atomic E-state index is 11.0. The minimum absolute atomic E-state index is 0.129. The molecule has 1 saturated heterocycles. The number of hydrogen-bond acceptors (Lipinski definition) is 2. The van der Waals surface area contributed by atoms with Crippen LogP contribution in [0.4, 0.5) is 0 Å². The second kappa shape index (κ2) is 5.89. The van der Waals surface area contributed by atoms with Crippen molar-refractivity contribution in [1.82, 2.24) is 10.6 Å². The largest absolute Gasteiger partial charge is 0.370 e. The van der Waals surface area contributed by atoms with Crippen LogP contribution in [0.25, 0.3) is 0 Å². The summed E-state index contributed by atoms with van der Waals surface area (Å²) >= 11 is 0. The molecule has 5 nitrogen and oxygen atoms in total. The maximum Gasteiger partial charge on any atom is 0.220 e. The van der Waals surface area contributed by atoms with E-state index in [1.54, 1.807) is 0 Å². The Labute approximate surface area is 102 Å². The molecule has 1 unspecified atom stereocenters. The van der Waals surface area contributed by atoms with Crippen LogP contribution in [0.5, 0.6) is 0 Å². The van der Waals surface area contributed by atoms with Gasteiger partial charge in [0.25, 0.3) is 0 Å². The minimum Gasteiger partial charge on any atom is -0.370 e. The number of carbonyl (C=O) groups excluding carboxylic acids is 1. The highest BCUT2D eigenvalue weighted by Gasteiger charge is 2.20. The Kier molecular flexibility index (Phi) is 4.23. The fourth-order valence-electron chi connectivity index (χ4n) is 2.52. The van der Waals surface area contributed by atoms with Crippen LogP contribution in [0, 0.1) is 0 Å². The average Bonchev–Trinajstić information content (AvgIpc) is 2.74. The van der Waals surface area contributed by atoms with Gasteiger partial charge in [0.2, 0.25) is 5.91 Å². The highest BCUT2D eigenvalue weighted by Crippen LogP contribution is 2.17. The molecule has 0 aromatic rings. The fraction of sp³-hybridized carbons (Fsp3) is 0.833. The molecule has 1 amide bonds. The van der Waals surface area contributed by atoms with Crippen LogP contribution >= 0.6 is 0 Å². The van der Waals surface area contributed by atoms with E-state index in [-0.39, 0.29) is 11.9 Å². The van der Waals surface area contributed by atoms with E-state index >= 15 is 0 Å². The first-order valence-corrected chi connectivity index (χ1v) is 6.60. The maximum absolute atomic E-state index is 11.0. The van der Waals surface area contributed by atoms with E-state index in [9.17, 15) is 4.79 Å². The minimum atomic E-state index is 0.129. The average molecular weight is 238 g/mol. The molecule has 1 atom stereocenters. The summed E-state index contributed by atoms with van der Waals surface area (Å²) < 4.78 is 0. The Bertz CT molecular complexity index is 297. The smallest absolute Gasteiger partial charge is 0.220 e. The lowest BCUT2D eigenvalue weighted by atomic mass is 9.96. The number of aliphatic imine (C=N–C) groups is 1. The summed E-state index contributed by atoms with van der Waals surface area (Å²) in [5.74, 6) is 0.655. The van der Waals surface area contributed by atoms with Crippen molar-refractivity contribution in [1.29, 1.82) is 0 Å². The molecule has 0 spiro atoms. The Balaban J connectivity index is 1.71. The van der Waals surface area contributed by atoms with Crippen LogP contribution in [0.1, 0.15) is 44.9 Å². The summed E-state index contributed by atoms with van der Waals surface area (Å²) in [6, 6.07) is 0.667. The van der Waals surface area contributed by atoms with E-state index in [1.807, 2.05) is 0 Å². The van der Waals surface area contributed by atoms with E-state index in [0.29, 0.717) is 25.0 Å².